The maximum atomic E-state index is 5.64. The minimum atomic E-state index is 0.316. The number of aromatic nitrogens is 2. The van der Waals surface area contributed by atoms with E-state index in [1.54, 1.807) is 11.8 Å². The molecule has 1 rings (SSSR count). The van der Waals surface area contributed by atoms with Crippen molar-refractivity contribution in [2.75, 3.05) is 5.75 Å². The lowest BCUT2D eigenvalue weighted by Crippen LogP contribution is -2.14. The molecule has 0 saturated carbocycles. The SMILES string of the molecule is Cc1nsc(SCCCC(C)N)n1. The van der Waals surface area contributed by atoms with Crippen molar-refractivity contribution >= 4 is 23.3 Å². The molecular weight excluding hydrogens is 202 g/mol. The van der Waals surface area contributed by atoms with Crippen LogP contribution in [0.5, 0.6) is 0 Å². The van der Waals surface area contributed by atoms with Crippen LogP contribution in [0.2, 0.25) is 0 Å². The van der Waals surface area contributed by atoms with Gasteiger partial charge in [-0.1, -0.05) is 11.8 Å². The van der Waals surface area contributed by atoms with Crippen molar-refractivity contribution in [1.29, 1.82) is 0 Å². The van der Waals surface area contributed by atoms with Crippen LogP contribution in [0.3, 0.4) is 0 Å². The van der Waals surface area contributed by atoms with Gasteiger partial charge in [0.15, 0.2) is 4.34 Å². The third-order valence-electron chi connectivity index (χ3n) is 1.54. The summed E-state index contributed by atoms with van der Waals surface area (Å²) in [6, 6.07) is 0.316. The fraction of sp³-hybridized carbons (Fsp3) is 0.750. The molecule has 0 radical (unpaired) electrons. The van der Waals surface area contributed by atoms with Gasteiger partial charge in [-0.3, -0.25) is 0 Å². The number of nitrogens with two attached hydrogens (primary N) is 1. The Morgan fingerprint density at radius 3 is 2.92 bits per heavy atom. The molecule has 0 bridgehead atoms. The molecule has 0 aliphatic rings. The third kappa shape index (κ3) is 4.59. The van der Waals surface area contributed by atoms with Crippen LogP contribution in [0.25, 0.3) is 0 Å². The molecule has 0 aliphatic heterocycles. The Morgan fingerprint density at radius 1 is 1.62 bits per heavy atom. The van der Waals surface area contributed by atoms with Gasteiger partial charge < -0.3 is 5.73 Å². The van der Waals surface area contributed by atoms with E-state index in [0.29, 0.717) is 6.04 Å². The van der Waals surface area contributed by atoms with Crippen LogP contribution < -0.4 is 5.73 Å². The van der Waals surface area contributed by atoms with E-state index in [1.807, 2.05) is 13.8 Å². The van der Waals surface area contributed by atoms with Gasteiger partial charge in [0.25, 0.3) is 0 Å². The minimum absolute atomic E-state index is 0.316. The quantitative estimate of drug-likeness (QED) is 0.606. The molecule has 0 amide bonds. The Morgan fingerprint density at radius 2 is 2.38 bits per heavy atom. The zero-order valence-electron chi connectivity index (χ0n) is 7.99. The maximum absolute atomic E-state index is 5.64. The normalized spacial score (nSPS) is 13.2. The highest BCUT2D eigenvalue weighted by molar-refractivity contribution is 8.00. The molecule has 1 atom stereocenters. The van der Waals surface area contributed by atoms with E-state index < -0.39 is 0 Å². The molecule has 13 heavy (non-hydrogen) atoms. The summed E-state index contributed by atoms with van der Waals surface area (Å²) in [6.45, 7) is 3.96. The first kappa shape index (κ1) is 10.9. The highest BCUT2D eigenvalue weighted by atomic mass is 32.2. The zero-order valence-corrected chi connectivity index (χ0v) is 9.62. The summed E-state index contributed by atoms with van der Waals surface area (Å²) in [4.78, 5) is 4.27. The van der Waals surface area contributed by atoms with Crippen LogP contribution in [0.15, 0.2) is 4.34 Å². The van der Waals surface area contributed by atoms with Crippen molar-refractivity contribution in [3.63, 3.8) is 0 Å². The Hall–Kier alpha value is -0.130. The molecule has 0 spiro atoms. The summed E-state index contributed by atoms with van der Waals surface area (Å²) in [5, 5.41) is 0. The fourth-order valence-electron chi connectivity index (χ4n) is 0.901. The number of rotatable bonds is 5. The molecule has 0 saturated heterocycles. The molecule has 1 heterocycles. The van der Waals surface area contributed by atoms with Crippen LogP contribution in [0.1, 0.15) is 25.6 Å². The molecule has 2 N–H and O–H groups in total. The Balaban J connectivity index is 2.13. The van der Waals surface area contributed by atoms with Gasteiger partial charge in [0.05, 0.1) is 0 Å². The van der Waals surface area contributed by atoms with Gasteiger partial charge in [-0.25, -0.2) is 4.98 Å². The summed E-state index contributed by atoms with van der Waals surface area (Å²) in [5.41, 5.74) is 5.64. The number of nitrogens with zero attached hydrogens (tertiary/aromatic N) is 2. The lowest BCUT2D eigenvalue weighted by Gasteiger charge is -2.02. The third-order valence-corrected chi connectivity index (χ3v) is 3.55. The van der Waals surface area contributed by atoms with E-state index >= 15 is 0 Å². The first-order valence-corrected chi connectivity index (χ1v) is 6.13. The molecule has 0 fully saturated rings. The average molecular weight is 217 g/mol. The first-order chi connectivity index (χ1) is 6.18. The second kappa shape index (κ2) is 5.57. The van der Waals surface area contributed by atoms with Gasteiger partial charge in [-0.2, -0.15) is 4.37 Å². The molecule has 0 aromatic carbocycles. The average Bonchev–Trinajstić information content (AvgIpc) is 2.45. The van der Waals surface area contributed by atoms with Gasteiger partial charge in [0.2, 0.25) is 0 Å². The van der Waals surface area contributed by atoms with E-state index in [4.69, 9.17) is 5.73 Å². The highest BCUT2D eigenvalue weighted by Crippen LogP contribution is 2.20. The van der Waals surface area contributed by atoms with E-state index in [2.05, 4.69) is 9.36 Å². The minimum Gasteiger partial charge on any atom is -0.328 e. The predicted octanol–water partition coefficient (Wildman–Crippen LogP) is 2.07. The summed E-state index contributed by atoms with van der Waals surface area (Å²) in [6.07, 6.45) is 2.24. The Bertz CT molecular complexity index is 247. The van der Waals surface area contributed by atoms with E-state index in [9.17, 15) is 0 Å². The van der Waals surface area contributed by atoms with E-state index in [1.165, 1.54) is 11.5 Å². The molecule has 74 valence electrons. The van der Waals surface area contributed by atoms with Gasteiger partial charge in [0.1, 0.15) is 5.82 Å². The number of thioether (sulfide) groups is 1. The van der Waals surface area contributed by atoms with Crippen molar-refractivity contribution in [3.05, 3.63) is 5.82 Å². The summed E-state index contributed by atoms with van der Waals surface area (Å²) in [5.74, 6) is 1.97. The van der Waals surface area contributed by atoms with E-state index in [-0.39, 0.29) is 0 Å². The highest BCUT2D eigenvalue weighted by Gasteiger charge is 2.00. The van der Waals surface area contributed by atoms with Crippen molar-refractivity contribution in [3.8, 4) is 0 Å². The molecule has 1 unspecified atom stereocenters. The van der Waals surface area contributed by atoms with Crippen LogP contribution in [0, 0.1) is 6.92 Å². The van der Waals surface area contributed by atoms with Gasteiger partial charge in [0, 0.05) is 11.8 Å². The van der Waals surface area contributed by atoms with Crippen molar-refractivity contribution in [2.24, 2.45) is 5.73 Å². The van der Waals surface area contributed by atoms with Crippen LogP contribution in [-0.4, -0.2) is 21.2 Å². The molecule has 1 aromatic heterocycles. The molecule has 3 nitrogen and oxygen atoms in total. The smallest absolute Gasteiger partial charge is 0.170 e. The lowest BCUT2D eigenvalue weighted by molar-refractivity contribution is 0.656. The monoisotopic (exact) mass is 217 g/mol. The second-order valence-electron chi connectivity index (χ2n) is 3.08. The van der Waals surface area contributed by atoms with Crippen LogP contribution >= 0.6 is 23.3 Å². The summed E-state index contributed by atoms with van der Waals surface area (Å²) >= 11 is 3.25. The fourth-order valence-corrected chi connectivity index (χ4v) is 2.58. The standard InChI is InChI=1S/C8H15N3S2/c1-6(9)4-3-5-12-8-10-7(2)11-13-8/h6H,3-5,9H2,1-2H3. The molecule has 5 heteroatoms. The largest absolute Gasteiger partial charge is 0.328 e. The molecule has 1 aromatic rings. The summed E-state index contributed by atoms with van der Waals surface area (Å²) in [7, 11) is 0. The van der Waals surface area contributed by atoms with Crippen LogP contribution in [0.4, 0.5) is 0 Å². The number of hydrogen-bond acceptors (Lipinski definition) is 5. The predicted molar refractivity (Wildman–Crippen MR) is 58.3 cm³/mol. The molecular formula is C8H15N3S2. The second-order valence-corrected chi connectivity index (χ2v) is 5.17. The van der Waals surface area contributed by atoms with Crippen molar-refractivity contribution in [1.82, 2.24) is 9.36 Å². The van der Waals surface area contributed by atoms with Crippen LogP contribution in [-0.2, 0) is 0 Å². The number of hydrogen-bond donors (Lipinski definition) is 1. The number of aryl methyl sites for hydroxylation is 1. The topological polar surface area (TPSA) is 51.8 Å². The maximum Gasteiger partial charge on any atom is 0.170 e. The van der Waals surface area contributed by atoms with Gasteiger partial charge >= 0.3 is 0 Å². The zero-order chi connectivity index (χ0) is 9.68. The van der Waals surface area contributed by atoms with E-state index in [0.717, 1.165) is 28.8 Å². The van der Waals surface area contributed by atoms with Gasteiger partial charge in [-0.15, -0.1) is 0 Å². The van der Waals surface area contributed by atoms with Crippen molar-refractivity contribution in [2.45, 2.75) is 37.1 Å². The first-order valence-electron chi connectivity index (χ1n) is 4.37. The van der Waals surface area contributed by atoms with Crippen molar-refractivity contribution < 1.29 is 0 Å². The Kier molecular flexibility index (Phi) is 4.69. The summed E-state index contributed by atoms with van der Waals surface area (Å²) < 4.78 is 5.19. The molecule has 0 aliphatic carbocycles. The Labute approximate surface area is 87.3 Å². The lowest BCUT2D eigenvalue weighted by atomic mass is 10.2. The van der Waals surface area contributed by atoms with Gasteiger partial charge in [-0.05, 0) is 38.2 Å².